The number of halogens is 2. The first-order chi connectivity index (χ1) is 12.4. The first-order valence-corrected chi connectivity index (χ1v) is 9.95. The topological polar surface area (TPSA) is 78.5 Å². The van der Waals surface area contributed by atoms with Gasteiger partial charge in [-0.1, -0.05) is 23.7 Å². The van der Waals surface area contributed by atoms with Crippen LogP contribution in [0.5, 0.6) is 0 Å². The normalized spacial score (nSPS) is 10.8. The molecule has 0 spiro atoms. The van der Waals surface area contributed by atoms with E-state index in [1.54, 1.807) is 36.4 Å². The Kier molecular flexibility index (Phi) is 9.05. The minimum atomic E-state index is -3.81. The van der Waals surface area contributed by atoms with E-state index in [1.807, 2.05) is 7.05 Å². The zero-order valence-corrected chi connectivity index (χ0v) is 17.5. The fraction of sp³-hybridized carbons (Fsp3) is 0.278. The van der Waals surface area contributed by atoms with Crippen LogP contribution in [-0.4, -0.2) is 41.5 Å². The summed E-state index contributed by atoms with van der Waals surface area (Å²) in [5.41, 5.74) is 0.745. The molecule has 2 rings (SSSR count). The van der Waals surface area contributed by atoms with Crippen molar-refractivity contribution in [3.63, 3.8) is 0 Å². The predicted molar refractivity (Wildman–Crippen MR) is 112 cm³/mol. The lowest BCUT2D eigenvalue weighted by Gasteiger charge is -2.20. The van der Waals surface area contributed by atoms with Gasteiger partial charge in [0, 0.05) is 24.2 Å². The van der Waals surface area contributed by atoms with Crippen LogP contribution in [0.4, 0.5) is 5.69 Å². The van der Waals surface area contributed by atoms with Gasteiger partial charge in [0.1, 0.15) is 0 Å². The molecule has 2 aromatic carbocycles. The lowest BCUT2D eigenvalue weighted by molar-refractivity contribution is 0.0953. The summed E-state index contributed by atoms with van der Waals surface area (Å²) in [5, 5.41) is 6.22. The van der Waals surface area contributed by atoms with Crippen LogP contribution < -0.4 is 14.9 Å². The number of nitrogens with zero attached hydrogens (tertiary/aromatic N) is 1. The number of hydrogen-bond donors (Lipinski definition) is 2. The molecule has 0 heterocycles. The predicted octanol–water partition coefficient (Wildman–Crippen LogP) is 2.93. The fourth-order valence-corrected chi connectivity index (χ4v) is 3.75. The average Bonchev–Trinajstić information content (AvgIpc) is 2.64. The molecule has 0 unspecified atom stereocenters. The summed E-state index contributed by atoms with van der Waals surface area (Å²) in [4.78, 5) is 12.3. The molecular weight excluding hydrogens is 409 g/mol. The van der Waals surface area contributed by atoms with Crippen LogP contribution in [0.1, 0.15) is 16.8 Å². The third-order valence-corrected chi connectivity index (χ3v) is 5.83. The van der Waals surface area contributed by atoms with Gasteiger partial charge < -0.3 is 10.6 Å². The van der Waals surface area contributed by atoms with E-state index in [0.717, 1.165) is 17.3 Å². The fourth-order valence-electron chi connectivity index (χ4n) is 2.34. The van der Waals surface area contributed by atoms with Gasteiger partial charge >= 0.3 is 0 Å². The SMILES string of the molecule is CNCCCNC(=O)c1cccc(S(=O)(=O)N(C)c2cccc(Cl)c2)c1.Cl. The molecule has 2 aromatic rings. The van der Waals surface area contributed by atoms with Crippen molar-refractivity contribution in [2.75, 3.05) is 31.5 Å². The number of carbonyl (C=O) groups is 1. The van der Waals surface area contributed by atoms with E-state index in [-0.39, 0.29) is 23.2 Å². The lowest BCUT2D eigenvalue weighted by Crippen LogP contribution is -2.28. The number of amides is 1. The van der Waals surface area contributed by atoms with Crippen molar-refractivity contribution in [1.82, 2.24) is 10.6 Å². The highest BCUT2D eigenvalue weighted by Crippen LogP contribution is 2.25. The van der Waals surface area contributed by atoms with Crippen LogP contribution in [0.15, 0.2) is 53.4 Å². The number of anilines is 1. The van der Waals surface area contributed by atoms with Crippen LogP contribution in [0.2, 0.25) is 5.02 Å². The van der Waals surface area contributed by atoms with E-state index in [2.05, 4.69) is 10.6 Å². The van der Waals surface area contributed by atoms with Gasteiger partial charge in [0.25, 0.3) is 15.9 Å². The molecule has 0 atom stereocenters. The van der Waals surface area contributed by atoms with Crippen LogP contribution in [0.25, 0.3) is 0 Å². The summed E-state index contributed by atoms with van der Waals surface area (Å²) in [7, 11) is -0.520. The maximum absolute atomic E-state index is 12.9. The van der Waals surface area contributed by atoms with Gasteiger partial charge in [-0.15, -0.1) is 12.4 Å². The van der Waals surface area contributed by atoms with Crippen molar-refractivity contribution in [3.05, 3.63) is 59.1 Å². The third-order valence-electron chi connectivity index (χ3n) is 3.82. The van der Waals surface area contributed by atoms with Gasteiger partial charge in [0.2, 0.25) is 0 Å². The summed E-state index contributed by atoms with van der Waals surface area (Å²) < 4.78 is 26.9. The van der Waals surface area contributed by atoms with Crippen molar-refractivity contribution in [1.29, 1.82) is 0 Å². The molecule has 27 heavy (non-hydrogen) atoms. The average molecular weight is 432 g/mol. The first-order valence-electron chi connectivity index (χ1n) is 8.13. The van der Waals surface area contributed by atoms with Crippen molar-refractivity contribution in [2.45, 2.75) is 11.3 Å². The molecule has 0 bridgehead atoms. The van der Waals surface area contributed by atoms with E-state index >= 15 is 0 Å². The van der Waals surface area contributed by atoms with E-state index in [9.17, 15) is 13.2 Å². The van der Waals surface area contributed by atoms with E-state index in [0.29, 0.717) is 22.8 Å². The Bertz CT molecular complexity index is 876. The Labute approximate surface area is 171 Å². The number of sulfonamides is 1. The Balaban J connectivity index is 0.00000364. The highest BCUT2D eigenvalue weighted by Gasteiger charge is 2.22. The molecule has 0 aliphatic carbocycles. The Hall–Kier alpha value is -1.80. The molecule has 0 radical (unpaired) electrons. The molecule has 6 nitrogen and oxygen atoms in total. The largest absolute Gasteiger partial charge is 0.352 e. The monoisotopic (exact) mass is 431 g/mol. The van der Waals surface area contributed by atoms with Crippen LogP contribution in [0.3, 0.4) is 0 Å². The molecule has 148 valence electrons. The number of carbonyl (C=O) groups excluding carboxylic acids is 1. The van der Waals surface area contributed by atoms with Gasteiger partial charge in [-0.05, 0) is 56.4 Å². The standard InChI is InChI=1S/C18H22ClN3O3S.ClH/c1-20-10-5-11-21-18(23)14-6-3-9-17(12-14)26(24,25)22(2)16-8-4-7-15(19)13-16;/h3-4,6-9,12-13,20H,5,10-11H2,1-2H3,(H,21,23);1H. The van der Waals surface area contributed by atoms with Crippen molar-refractivity contribution in [2.24, 2.45) is 0 Å². The van der Waals surface area contributed by atoms with E-state index < -0.39 is 10.0 Å². The number of benzene rings is 2. The van der Waals surface area contributed by atoms with Gasteiger partial charge in [-0.2, -0.15) is 0 Å². The summed E-state index contributed by atoms with van der Waals surface area (Å²) >= 11 is 5.94. The lowest BCUT2D eigenvalue weighted by atomic mass is 10.2. The molecular formula is C18H23Cl2N3O3S. The van der Waals surface area contributed by atoms with Crippen LogP contribution >= 0.6 is 24.0 Å². The molecule has 0 saturated heterocycles. The molecule has 1 amide bonds. The van der Waals surface area contributed by atoms with E-state index in [4.69, 9.17) is 11.6 Å². The van der Waals surface area contributed by atoms with Crippen LogP contribution in [0, 0.1) is 0 Å². The van der Waals surface area contributed by atoms with Crippen molar-refractivity contribution in [3.8, 4) is 0 Å². The maximum atomic E-state index is 12.9. The van der Waals surface area contributed by atoms with Gasteiger partial charge in [-0.3, -0.25) is 9.10 Å². The Morgan fingerprint density at radius 1 is 1.11 bits per heavy atom. The first kappa shape index (κ1) is 23.2. The Morgan fingerprint density at radius 3 is 2.48 bits per heavy atom. The maximum Gasteiger partial charge on any atom is 0.264 e. The molecule has 2 N–H and O–H groups in total. The second-order valence-corrected chi connectivity index (χ2v) is 8.10. The molecule has 0 aliphatic rings. The molecule has 0 fully saturated rings. The number of rotatable bonds is 8. The van der Waals surface area contributed by atoms with Gasteiger partial charge in [0.15, 0.2) is 0 Å². The van der Waals surface area contributed by atoms with Crippen LogP contribution in [-0.2, 0) is 10.0 Å². The summed E-state index contributed by atoms with van der Waals surface area (Å²) in [6.45, 7) is 1.30. The third kappa shape index (κ3) is 6.10. The highest BCUT2D eigenvalue weighted by molar-refractivity contribution is 7.92. The zero-order chi connectivity index (χ0) is 19.2. The minimum Gasteiger partial charge on any atom is -0.352 e. The second-order valence-electron chi connectivity index (χ2n) is 5.69. The number of nitrogens with one attached hydrogen (secondary N) is 2. The quantitative estimate of drug-likeness (QED) is 0.629. The van der Waals surface area contributed by atoms with E-state index in [1.165, 1.54) is 19.2 Å². The van der Waals surface area contributed by atoms with Crippen molar-refractivity contribution >= 4 is 45.6 Å². The van der Waals surface area contributed by atoms with Gasteiger partial charge in [-0.25, -0.2) is 8.42 Å². The summed E-state index contributed by atoms with van der Waals surface area (Å²) in [5.74, 6) is -0.302. The zero-order valence-electron chi connectivity index (χ0n) is 15.1. The number of hydrogen-bond acceptors (Lipinski definition) is 4. The molecule has 0 aromatic heterocycles. The Morgan fingerprint density at radius 2 is 1.81 bits per heavy atom. The molecule has 9 heteroatoms. The summed E-state index contributed by atoms with van der Waals surface area (Å²) in [6, 6.07) is 12.6. The second kappa shape index (κ2) is 10.5. The summed E-state index contributed by atoms with van der Waals surface area (Å²) in [6.07, 6.45) is 0.789. The molecule has 0 aliphatic heterocycles. The molecule has 0 saturated carbocycles. The van der Waals surface area contributed by atoms with Gasteiger partial charge in [0.05, 0.1) is 10.6 Å². The highest BCUT2D eigenvalue weighted by atomic mass is 35.5. The smallest absolute Gasteiger partial charge is 0.264 e. The van der Waals surface area contributed by atoms with Crippen molar-refractivity contribution < 1.29 is 13.2 Å². The minimum absolute atomic E-state index is 0.